The van der Waals surface area contributed by atoms with Crippen LogP contribution in [-0.4, -0.2) is 29.6 Å². The lowest BCUT2D eigenvalue weighted by Crippen LogP contribution is -2.59. The molecule has 0 bridgehead atoms. The highest BCUT2D eigenvalue weighted by Crippen LogP contribution is 2.44. The standard InChI is InChI=1S/C54H72B2S2Si2/c1-31(2)59(32(3)4,33(5)6)51-29-47-49(57-51)21-19-43-28-46-44(27-45(43)55(47)53-39(15)23-37(13)24-40(53)16)20-22-50-48(56(46)54-41(17)25-38(14)26-42(54)18)30-52(58-50)60(34(7)8,35(9)10)36(11)12/h19-36H,1-18H3. The average Bonchev–Trinajstić information content (AvgIpc) is 3.66. The van der Waals surface area contributed by atoms with Gasteiger partial charge in [-0.1, -0.05) is 210 Å². The Balaban J connectivity index is 1.54. The zero-order chi connectivity index (χ0) is 43.9. The van der Waals surface area contributed by atoms with Gasteiger partial charge >= 0.3 is 0 Å². The average molecular weight is 863 g/mol. The Morgan fingerprint density at radius 1 is 0.367 bits per heavy atom. The maximum Gasteiger partial charge on any atom is 0.244 e. The summed E-state index contributed by atoms with van der Waals surface area (Å²) in [5, 5.41) is 0. The first kappa shape index (κ1) is 45.1. The zero-order valence-electron chi connectivity index (χ0n) is 40.4. The molecule has 0 fully saturated rings. The molecule has 314 valence electrons. The third-order valence-electron chi connectivity index (χ3n) is 15.6. The maximum atomic E-state index is 2.73. The molecule has 7 rings (SSSR count). The molecule has 3 aromatic carbocycles. The van der Waals surface area contributed by atoms with Gasteiger partial charge < -0.3 is 0 Å². The molecule has 0 saturated heterocycles. The minimum Gasteiger partial charge on any atom is -0.146 e. The number of aryl methyl sites for hydroxylation is 6. The van der Waals surface area contributed by atoms with Crippen LogP contribution in [0, 0.1) is 41.5 Å². The third-order valence-corrected chi connectivity index (χ3v) is 33.6. The predicted molar refractivity (Wildman–Crippen MR) is 285 cm³/mol. The van der Waals surface area contributed by atoms with Crippen LogP contribution in [0.1, 0.15) is 137 Å². The van der Waals surface area contributed by atoms with Crippen LogP contribution in [0.15, 0.2) is 48.5 Å². The second-order valence-electron chi connectivity index (χ2n) is 20.9. The van der Waals surface area contributed by atoms with E-state index in [2.05, 4.69) is 220 Å². The van der Waals surface area contributed by atoms with Crippen molar-refractivity contribution in [3.05, 3.63) is 103 Å². The van der Waals surface area contributed by atoms with Crippen LogP contribution >= 0.6 is 22.7 Å². The van der Waals surface area contributed by atoms with E-state index in [1.54, 1.807) is 9.00 Å². The summed E-state index contributed by atoms with van der Waals surface area (Å²) < 4.78 is 3.38. The Morgan fingerprint density at radius 2 is 0.650 bits per heavy atom. The monoisotopic (exact) mass is 862 g/mol. The van der Waals surface area contributed by atoms with E-state index in [9.17, 15) is 0 Å². The molecule has 6 heteroatoms. The molecule has 0 aliphatic carbocycles. The number of rotatable bonds is 10. The van der Waals surface area contributed by atoms with E-state index in [1.807, 2.05) is 0 Å². The lowest BCUT2D eigenvalue weighted by Gasteiger charge is -2.42. The summed E-state index contributed by atoms with van der Waals surface area (Å²) in [6.07, 6.45) is 10.0. The molecule has 0 nitrogen and oxygen atoms in total. The van der Waals surface area contributed by atoms with Gasteiger partial charge in [0, 0.05) is 9.75 Å². The SMILES string of the molecule is Cc1cc(C)c(B2c3cc4c(cc3C=Cc3sc([Si](C(C)C)(C(C)C)C(C)C)cc32)B(c2c(C)cc(C)cc2C)c2cc([Si](C(C)C)(C(C)C)C(C)C)sc2C=C4)c(C)c1. The highest BCUT2D eigenvalue weighted by atomic mass is 32.1. The molecule has 0 atom stereocenters. The topological polar surface area (TPSA) is 0 Å². The van der Waals surface area contributed by atoms with Gasteiger partial charge in [-0.25, -0.2) is 0 Å². The molecule has 2 aromatic heterocycles. The van der Waals surface area contributed by atoms with Crippen LogP contribution in [0.2, 0.25) is 33.2 Å². The predicted octanol–water partition coefficient (Wildman–Crippen LogP) is 11.4. The molecule has 0 saturated carbocycles. The smallest absolute Gasteiger partial charge is 0.146 e. The minimum absolute atomic E-state index is 0.160. The first-order valence-corrected chi connectivity index (χ1v) is 29.2. The highest BCUT2D eigenvalue weighted by Gasteiger charge is 2.48. The fourth-order valence-corrected chi connectivity index (χ4v) is 34.0. The van der Waals surface area contributed by atoms with Crippen molar-refractivity contribution in [3.63, 3.8) is 0 Å². The molecular formula is C54H72B2S2Si2. The fourth-order valence-electron chi connectivity index (χ4n) is 13.7. The summed E-state index contributed by atoms with van der Waals surface area (Å²) in [7, 11) is -3.75. The first-order chi connectivity index (χ1) is 28.2. The van der Waals surface area contributed by atoms with Gasteiger partial charge in [-0.3, -0.25) is 0 Å². The second-order valence-corrected chi connectivity index (χ2v) is 35.6. The zero-order valence-corrected chi connectivity index (χ0v) is 44.0. The van der Waals surface area contributed by atoms with Crippen molar-refractivity contribution < 1.29 is 0 Å². The Hall–Kier alpha value is -2.90. The summed E-state index contributed by atoms with van der Waals surface area (Å²) in [5.41, 5.74) is 24.0. The lowest BCUT2D eigenvalue weighted by molar-refractivity contribution is 0.837. The molecule has 0 N–H and O–H groups in total. The molecule has 0 unspecified atom stereocenters. The van der Waals surface area contributed by atoms with E-state index >= 15 is 0 Å². The number of fused-ring (bicyclic) bond motifs is 4. The van der Waals surface area contributed by atoms with Crippen LogP contribution in [0.3, 0.4) is 0 Å². The maximum absolute atomic E-state index is 2.73. The molecule has 0 amide bonds. The first-order valence-electron chi connectivity index (χ1n) is 23.1. The van der Waals surface area contributed by atoms with E-state index in [-0.39, 0.29) is 13.4 Å². The number of thiophene rings is 2. The Labute approximate surface area is 376 Å². The van der Waals surface area contributed by atoms with E-state index < -0.39 is 16.1 Å². The van der Waals surface area contributed by atoms with E-state index in [1.165, 1.54) is 87.0 Å². The van der Waals surface area contributed by atoms with Crippen molar-refractivity contribution in [1.29, 1.82) is 0 Å². The van der Waals surface area contributed by atoms with Crippen molar-refractivity contribution in [2.45, 2.75) is 158 Å². The van der Waals surface area contributed by atoms with Crippen LogP contribution in [0.4, 0.5) is 0 Å². The Morgan fingerprint density at radius 3 is 0.917 bits per heavy atom. The Kier molecular flexibility index (Phi) is 12.5. The lowest BCUT2D eigenvalue weighted by atomic mass is 9.32. The summed E-state index contributed by atoms with van der Waals surface area (Å²) in [5.74, 6) is 0. The van der Waals surface area contributed by atoms with Gasteiger partial charge in [0.25, 0.3) is 0 Å². The van der Waals surface area contributed by atoms with Crippen LogP contribution in [0.25, 0.3) is 24.3 Å². The molecule has 5 aromatic rings. The van der Waals surface area contributed by atoms with E-state index in [0.29, 0.717) is 33.2 Å². The second kappa shape index (κ2) is 16.7. The van der Waals surface area contributed by atoms with Gasteiger partial charge in [-0.15, -0.1) is 22.7 Å². The highest BCUT2D eigenvalue weighted by molar-refractivity contribution is 7.30. The number of benzene rings is 3. The van der Waals surface area contributed by atoms with E-state index in [0.717, 1.165) is 0 Å². The van der Waals surface area contributed by atoms with Crippen molar-refractivity contribution >= 4 is 118 Å². The fraction of sp³-hybridized carbons (Fsp3) is 0.444. The van der Waals surface area contributed by atoms with Gasteiger partial charge in [-0.2, -0.15) is 0 Å². The molecule has 60 heavy (non-hydrogen) atoms. The molecule has 0 spiro atoms. The van der Waals surface area contributed by atoms with Gasteiger partial charge in [0.1, 0.15) is 16.1 Å². The minimum atomic E-state index is -1.88. The number of hydrogen-bond acceptors (Lipinski definition) is 2. The van der Waals surface area contributed by atoms with Crippen molar-refractivity contribution in [2.24, 2.45) is 0 Å². The quantitative estimate of drug-likeness (QED) is 0.120. The largest absolute Gasteiger partial charge is 0.244 e. The van der Waals surface area contributed by atoms with Crippen LogP contribution in [-0.2, 0) is 0 Å². The number of hydrogen-bond donors (Lipinski definition) is 0. The van der Waals surface area contributed by atoms with Gasteiger partial charge in [0.05, 0.1) is 0 Å². The summed E-state index contributed by atoms with van der Waals surface area (Å²) in [6.45, 7) is 44.5. The molecule has 2 aliphatic rings. The summed E-state index contributed by atoms with van der Waals surface area (Å²) in [6, 6.07) is 20.4. The third kappa shape index (κ3) is 7.06. The van der Waals surface area contributed by atoms with Gasteiger partial charge in [0.2, 0.25) is 13.4 Å². The van der Waals surface area contributed by atoms with Gasteiger partial charge in [0.15, 0.2) is 0 Å². The van der Waals surface area contributed by atoms with Crippen LogP contribution < -0.4 is 41.8 Å². The molecule has 0 radical (unpaired) electrons. The van der Waals surface area contributed by atoms with E-state index in [4.69, 9.17) is 0 Å². The van der Waals surface area contributed by atoms with Crippen molar-refractivity contribution in [1.82, 2.24) is 0 Å². The van der Waals surface area contributed by atoms with Crippen LogP contribution in [0.5, 0.6) is 0 Å². The molecular weight excluding hydrogens is 791 g/mol. The normalized spacial score (nSPS) is 14.2. The Bertz CT molecular complexity index is 2240. The van der Waals surface area contributed by atoms with Gasteiger partial charge in [-0.05, 0) is 107 Å². The molecule has 2 aliphatic heterocycles. The van der Waals surface area contributed by atoms with Crippen molar-refractivity contribution in [2.75, 3.05) is 0 Å². The summed E-state index contributed by atoms with van der Waals surface area (Å²) in [4.78, 5) is 2.91. The van der Waals surface area contributed by atoms with Crippen molar-refractivity contribution in [3.8, 4) is 0 Å². The summed E-state index contributed by atoms with van der Waals surface area (Å²) >= 11 is 4.26. The molecule has 4 heterocycles.